The number of hydrogen-bond donors (Lipinski definition) is 0. The SMILES string of the molecule is CN1C(=O)C2=C(OC(C)(C)[C@@H]3COc4c(cc5c6c4CCCN6CCC5)[C@H]23)C2C=CC=CC21. The van der Waals surface area contributed by atoms with Crippen LogP contribution in [-0.4, -0.2) is 49.2 Å². The standard InChI is InChI=1S/C28H32N2O3/c1-28(2)20-15-32-25-18-10-7-13-30-12-6-8-16(24(18)30)14-19(25)22(20)23-26(33-28)17-9-4-5-11-21(17)29(3)27(23)31/h4-5,9,11,14,17,20-22H,6-8,10,12-13,15H2,1-3H3/t17?,20-,21?,22+/m1/s1. The maximum absolute atomic E-state index is 13.9. The van der Waals surface area contributed by atoms with Gasteiger partial charge < -0.3 is 19.3 Å². The molecule has 1 aromatic carbocycles. The van der Waals surface area contributed by atoms with Crippen molar-refractivity contribution in [2.75, 3.05) is 31.6 Å². The van der Waals surface area contributed by atoms with Crippen molar-refractivity contribution in [2.45, 2.75) is 57.1 Å². The average molecular weight is 445 g/mol. The van der Waals surface area contributed by atoms with Crippen LogP contribution >= 0.6 is 0 Å². The summed E-state index contributed by atoms with van der Waals surface area (Å²) < 4.78 is 13.3. The van der Waals surface area contributed by atoms with Crippen molar-refractivity contribution in [3.63, 3.8) is 0 Å². The van der Waals surface area contributed by atoms with Crippen LogP contribution < -0.4 is 9.64 Å². The lowest BCUT2D eigenvalue weighted by molar-refractivity contribution is -0.136. The molecule has 1 aliphatic carbocycles. The summed E-state index contributed by atoms with van der Waals surface area (Å²) in [5, 5.41) is 0. The molecule has 1 aromatic rings. The lowest BCUT2D eigenvalue weighted by atomic mass is 9.66. The third kappa shape index (κ3) is 2.57. The number of benzene rings is 1. The second-order valence-corrected chi connectivity index (χ2v) is 11.1. The van der Waals surface area contributed by atoms with Crippen molar-refractivity contribution in [1.82, 2.24) is 4.90 Å². The van der Waals surface area contributed by atoms with Gasteiger partial charge in [-0.1, -0.05) is 24.3 Å². The minimum atomic E-state index is -0.407. The van der Waals surface area contributed by atoms with Crippen LogP contribution in [-0.2, 0) is 22.4 Å². The molecule has 2 unspecified atom stereocenters. The second-order valence-electron chi connectivity index (χ2n) is 11.1. The second kappa shape index (κ2) is 6.68. The molecule has 5 heterocycles. The highest BCUT2D eigenvalue weighted by atomic mass is 16.5. The number of ether oxygens (including phenoxy) is 2. The highest BCUT2D eigenvalue weighted by Crippen LogP contribution is 2.57. The molecular weight excluding hydrogens is 412 g/mol. The Morgan fingerprint density at radius 2 is 1.88 bits per heavy atom. The molecule has 0 bridgehead atoms. The maximum atomic E-state index is 13.9. The van der Waals surface area contributed by atoms with E-state index in [0.29, 0.717) is 6.61 Å². The molecule has 0 saturated heterocycles. The number of carbonyl (C=O) groups is 1. The lowest BCUT2D eigenvalue weighted by Gasteiger charge is -2.53. The molecule has 0 fully saturated rings. The van der Waals surface area contributed by atoms with Crippen molar-refractivity contribution in [1.29, 1.82) is 0 Å². The average Bonchev–Trinajstić information content (AvgIpc) is 2.82. The Hall–Kier alpha value is -2.69. The van der Waals surface area contributed by atoms with Gasteiger partial charge in [0.05, 0.1) is 24.1 Å². The van der Waals surface area contributed by atoms with Gasteiger partial charge in [0.2, 0.25) is 0 Å². The topological polar surface area (TPSA) is 42.0 Å². The van der Waals surface area contributed by atoms with Crippen molar-refractivity contribution in [3.05, 3.63) is 58.4 Å². The van der Waals surface area contributed by atoms with Gasteiger partial charge in [-0.2, -0.15) is 0 Å². The molecule has 0 N–H and O–H groups in total. The van der Waals surface area contributed by atoms with E-state index in [4.69, 9.17) is 9.47 Å². The molecule has 0 aromatic heterocycles. The zero-order valence-corrected chi connectivity index (χ0v) is 19.8. The molecule has 0 saturated carbocycles. The van der Waals surface area contributed by atoms with Crippen molar-refractivity contribution in [2.24, 2.45) is 11.8 Å². The molecule has 33 heavy (non-hydrogen) atoms. The first-order valence-corrected chi connectivity index (χ1v) is 12.6. The fourth-order valence-electron chi connectivity index (χ4n) is 7.29. The number of anilines is 1. The molecule has 0 radical (unpaired) electrons. The van der Waals surface area contributed by atoms with Crippen LogP contribution in [0.5, 0.6) is 5.75 Å². The van der Waals surface area contributed by atoms with Crippen molar-refractivity contribution in [3.8, 4) is 5.75 Å². The van der Waals surface area contributed by atoms with Crippen LogP contribution in [0.1, 0.15) is 49.3 Å². The number of carbonyl (C=O) groups excluding carboxylic acids is 1. The summed E-state index contributed by atoms with van der Waals surface area (Å²) in [4.78, 5) is 18.4. The fraction of sp³-hybridized carbons (Fsp3) is 0.536. The zero-order valence-electron chi connectivity index (χ0n) is 19.8. The molecule has 6 aliphatic rings. The number of rotatable bonds is 0. The van der Waals surface area contributed by atoms with Crippen LogP contribution in [0.4, 0.5) is 5.69 Å². The largest absolute Gasteiger partial charge is 0.492 e. The summed E-state index contributed by atoms with van der Waals surface area (Å²) in [6.45, 7) is 7.23. The summed E-state index contributed by atoms with van der Waals surface area (Å²) in [6.07, 6.45) is 13.0. The lowest BCUT2D eigenvalue weighted by Crippen LogP contribution is -2.56. The Balaban J connectivity index is 1.47. The summed E-state index contributed by atoms with van der Waals surface area (Å²) in [5.41, 5.74) is 5.94. The van der Waals surface area contributed by atoms with E-state index < -0.39 is 5.60 Å². The Morgan fingerprint density at radius 3 is 2.73 bits per heavy atom. The Morgan fingerprint density at radius 1 is 1.09 bits per heavy atom. The molecular formula is C28H32N2O3. The smallest absolute Gasteiger partial charge is 0.254 e. The van der Waals surface area contributed by atoms with Gasteiger partial charge in [0, 0.05) is 48.8 Å². The van der Waals surface area contributed by atoms with Crippen LogP contribution in [0.2, 0.25) is 0 Å². The van der Waals surface area contributed by atoms with E-state index in [1.54, 1.807) is 0 Å². The highest BCUT2D eigenvalue weighted by Gasteiger charge is 2.55. The monoisotopic (exact) mass is 444 g/mol. The number of hydrogen-bond acceptors (Lipinski definition) is 4. The van der Waals surface area contributed by atoms with Crippen molar-refractivity contribution >= 4 is 11.6 Å². The molecule has 7 rings (SSSR count). The van der Waals surface area contributed by atoms with Crippen LogP contribution in [0.15, 0.2) is 41.7 Å². The van der Waals surface area contributed by atoms with Gasteiger partial charge >= 0.3 is 0 Å². The Kier molecular flexibility index (Phi) is 4.00. The Labute approximate surface area is 195 Å². The first-order chi connectivity index (χ1) is 16.0. The van der Waals surface area contributed by atoms with Crippen LogP contribution in [0, 0.1) is 11.8 Å². The third-order valence-electron chi connectivity index (χ3n) is 8.89. The maximum Gasteiger partial charge on any atom is 0.254 e. The van der Waals surface area contributed by atoms with E-state index in [0.717, 1.165) is 43.0 Å². The predicted molar refractivity (Wildman–Crippen MR) is 128 cm³/mol. The van der Waals surface area contributed by atoms with Gasteiger partial charge in [0.1, 0.15) is 17.1 Å². The fourth-order valence-corrected chi connectivity index (χ4v) is 7.29. The normalized spacial score (nSPS) is 32.8. The highest BCUT2D eigenvalue weighted by molar-refractivity contribution is 5.98. The number of aryl methyl sites for hydroxylation is 1. The van der Waals surface area contributed by atoms with E-state index in [-0.39, 0.29) is 29.7 Å². The zero-order chi connectivity index (χ0) is 22.5. The van der Waals surface area contributed by atoms with E-state index in [9.17, 15) is 4.79 Å². The van der Waals surface area contributed by atoms with Gasteiger partial charge in [-0.05, 0) is 51.2 Å². The van der Waals surface area contributed by atoms with E-state index in [2.05, 4.69) is 43.0 Å². The number of allylic oxidation sites excluding steroid dienone is 2. The Bertz CT molecular complexity index is 1160. The third-order valence-corrected chi connectivity index (χ3v) is 8.89. The molecule has 4 atom stereocenters. The van der Waals surface area contributed by atoms with E-state index >= 15 is 0 Å². The number of amides is 1. The molecule has 172 valence electrons. The van der Waals surface area contributed by atoms with E-state index in [1.807, 2.05) is 18.0 Å². The van der Waals surface area contributed by atoms with Crippen LogP contribution in [0.25, 0.3) is 0 Å². The van der Waals surface area contributed by atoms with Gasteiger partial charge in [-0.25, -0.2) is 0 Å². The molecule has 0 spiro atoms. The van der Waals surface area contributed by atoms with Gasteiger partial charge in [0.25, 0.3) is 5.91 Å². The predicted octanol–water partition coefficient (Wildman–Crippen LogP) is 4.12. The van der Waals surface area contributed by atoms with E-state index in [1.165, 1.54) is 35.2 Å². The summed E-state index contributed by atoms with van der Waals surface area (Å²) in [7, 11) is 1.94. The minimum Gasteiger partial charge on any atom is -0.492 e. The number of likely N-dealkylation sites (N-methyl/N-ethyl adjacent to an activating group) is 1. The van der Waals surface area contributed by atoms with Crippen LogP contribution in [0.3, 0.4) is 0 Å². The minimum absolute atomic E-state index is 0.0153. The molecule has 5 nitrogen and oxygen atoms in total. The summed E-state index contributed by atoms with van der Waals surface area (Å²) >= 11 is 0. The summed E-state index contributed by atoms with van der Waals surface area (Å²) in [5.74, 6) is 2.25. The molecule has 5 aliphatic heterocycles. The number of nitrogens with zero attached hydrogens (tertiary/aromatic N) is 2. The van der Waals surface area contributed by atoms with Gasteiger partial charge in [-0.3, -0.25) is 4.79 Å². The molecule has 1 amide bonds. The first-order valence-electron chi connectivity index (χ1n) is 12.6. The summed E-state index contributed by atoms with van der Waals surface area (Å²) in [6, 6.07) is 2.41. The first kappa shape index (κ1) is 19.7. The quantitative estimate of drug-likeness (QED) is 0.604. The van der Waals surface area contributed by atoms with Gasteiger partial charge in [0.15, 0.2) is 0 Å². The van der Waals surface area contributed by atoms with Gasteiger partial charge in [-0.15, -0.1) is 0 Å². The number of fused-ring (bicyclic) bond motifs is 7. The van der Waals surface area contributed by atoms with Crippen molar-refractivity contribution < 1.29 is 14.3 Å². The molecule has 5 heteroatoms.